The van der Waals surface area contributed by atoms with Crippen LogP contribution in [0.3, 0.4) is 0 Å². The third-order valence-corrected chi connectivity index (χ3v) is 7.08. The highest BCUT2D eigenvalue weighted by Crippen LogP contribution is 2.37. The molecule has 0 aliphatic heterocycles. The Morgan fingerprint density at radius 3 is 1.72 bits per heavy atom. The Bertz CT molecular complexity index is 456. The fourth-order valence-corrected chi connectivity index (χ4v) is 4.73. The first-order chi connectivity index (χ1) is 15.2. The van der Waals surface area contributed by atoms with Gasteiger partial charge in [0.25, 0.3) is 0 Å². The van der Waals surface area contributed by atoms with Gasteiger partial charge in [0.1, 0.15) is 13.7 Å². The molecule has 0 aromatic carbocycles. The maximum Gasteiger partial charge on any atom is 0.135 e. The largest absolute Gasteiger partial charge is 0.778 e. The van der Waals surface area contributed by atoms with Gasteiger partial charge in [-0.3, -0.25) is 0 Å². The molecule has 0 aliphatic rings. The van der Waals surface area contributed by atoms with Gasteiger partial charge in [0.2, 0.25) is 0 Å². The second kappa shape index (κ2) is 20.4. The summed E-state index contributed by atoms with van der Waals surface area (Å²) < 4.78 is 23.0. The summed E-state index contributed by atoms with van der Waals surface area (Å²) in [6.07, 6.45) is 18.1. The fraction of sp³-hybridized carbons (Fsp3) is 1.00. The predicted octanol–water partition coefficient (Wildman–Crippen LogP) is 5.51. The molecule has 0 aromatic rings. The van der Waals surface area contributed by atoms with Crippen molar-refractivity contribution in [3.05, 3.63) is 0 Å². The quantitative estimate of drug-likeness (QED) is 0.112. The molecule has 1 N–H and O–H groups in total. The Hall–Kier alpha value is 0.0300. The number of hydrogen-bond donors (Lipinski definition) is 1. The molecule has 0 saturated carbocycles. The molecule has 0 radical (unpaired) electrons. The van der Waals surface area contributed by atoms with Crippen molar-refractivity contribution in [1.29, 1.82) is 0 Å². The summed E-state index contributed by atoms with van der Waals surface area (Å²) in [7, 11) is 2.19. The molecule has 0 aromatic heterocycles. The molecule has 0 spiro atoms. The molecule has 0 heterocycles. The molecule has 1 unspecified atom stereocenters. The van der Waals surface area contributed by atoms with Gasteiger partial charge in [0, 0.05) is 19.2 Å². The molecule has 0 rings (SSSR count). The first-order valence-electron chi connectivity index (χ1n) is 13.2. The van der Waals surface area contributed by atoms with Crippen molar-refractivity contribution >= 4 is 7.60 Å². The normalized spacial score (nSPS) is 15.1. The van der Waals surface area contributed by atoms with Crippen molar-refractivity contribution in [3.8, 4) is 0 Å². The van der Waals surface area contributed by atoms with Gasteiger partial charge in [-0.1, -0.05) is 90.4 Å². The van der Waals surface area contributed by atoms with E-state index in [-0.39, 0.29) is 19.4 Å². The third-order valence-electron chi connectivity index (χ3n) is 5.68. The summed E-state index contributed by atoms with van der Waals surface area (Å²) >= 11 is 0. The van der Waals surface area contributed by atoms with Gasteiger partial charge in [0.15, 0.2) is 0 Å². The van der Waals surface area contributed by atoms with Crippen molar-refractivity contribution < 1.29 is 28.3 Å². The van der Waals surface area contributed by atoms with E-state index in [0.29, 0.717) is 13.0 Å². The topological polar surface area (TPSA) is 78.8 Å². The highest BCUT2D eigenvalue weighted by molar-refractivity contribution is 7.51. The van der Waals surface area contributed by atoms with E-state index >= 15 is 0 Å². The number of rotatable bonds is 24. The molecule has 7 heteroatoms. The maximum absolute atomic E-state index is 11.9. The smallest absolute Gasteiger partial charge is 0.135 e. The summed E-state index contributed by atoms with van der Waals surface area (Å²) in [5.74, 6) is 0. The number of ether oxygens (including phenoxy) is 1. The summed E-state index contributed by atoms with van der Waals surface area (Å²) in [6, 6.07) is 0. The van der Waals surface area contributed by atoms with E-state index in [1.54, 1.807) is 0 Å². The first-order valence-corrected chi connectivity index (χ1v) is 14.9. The number of aliphatic hydroxyl groups excluding tert-OH is 1. The molecule has 0 fully saturated rings. The second-order valence-electron chi connectivity index (χ2n) is 10.3. The van der Waals surface area contributed by atoms with E-state index in [0.717, 1.165) is 23.9 Å². The maximum atomic E-state index is 11.9. The van der Waals surface area contributed by atoms with Crippen molar-refractivity contribution in [2.24, 2.45) is 0 Å². The van der Waals surface area contributed by atoms with Crippen molar-refractivity contribution in [2.75, 3.05) is 53.7 Å². The van der Waals surface area contributed by atoms with Crippen molar-refractivity contribution in [3.63, 3.8) is 0 Å². The van der Waals surface area contributed by atoms with Crippen molar-refractivity contribution in [1.82, 2.24) is 0 Å². The summed E-state index contributed by atoms with van der Waals surface area (Å²) in [6.45, 7) is 3.54. The van der Waals surface area contributed by atoms with E-state index < -0.39 is 13.7 Å². The number of quaternary nitrogens is 1. The Kier molecular flexibility index (Phi) is 20.4. The highest BCUT2D eigenvalue weighted by Gasteiger charge is 2.15. The van der Waals surface area contributed by atoms with Gasteiger partial charge in [-0.25, -0.2) is 0 Å². The van der Waals surface area contributed by atoms with Crippen LogP contribution in [0.15, 0.2) is 0 Å². The van der Waals surface area contributed by atoms with Crippen LogP contribution in [0.2, 0.25) is 0 Å². The molecule has 0 aliphatic carbocycles. The molecule has 2 atom stereocenters. The summed E-state index contributed by atoms with van der Waals surface area (Å²) in [5, 5.41) is 9.87. The first kappa shape index (κ1) is 32.0. The summed E-state index contributed by atoms with van der Waals surface area (Å²) in [4.78, 5) is 11.9. The van der Waals surface area contributed by atoms with Crippen LogP contribution in [0.4, 0.5) is 0 Å². The van der Waals surface area contributed by atoms with E-state index in [1.807, 2.05) is 21.1 Å². The zero-order chi connectivity index (χ0) is 24.1. The van der Waals surface area contributed by atoms with E-state index in [9.17, 15) is 14.6 Å². The van der Waals surface area contributed by atoms with Crippen LogP contribution >= 0.6 is 7.60 Å². The molecular weight excluding hydrogens is 425 g/mol. The highest BCUT2D eigenvalue weighted by atomic mass is 31.2. The third kappa shape index (κ3) is 24.7. The second-order valence-corrected chi connectivity index (χ2v) is 12.2. The Morgan fingerprint density at radius 2 is 1.25 bits per heavy atom. The lowest BCUT2D eigenvalue weighted by molar-refractivity contribution is -0.870. The van der Waals surface area contributed by atoms with E-state index in [1.165, 1.54) is 77.0 Å². The fourth-order valence-electron chi connectivity index (χ4n) is 3.67. The van der Waals surface area contributed by atoms with Gasteiger partial charge in [-0.2, -0.15) is 0 Å². The minimum atomic E-state index is -3.88. The molecule has 194 valence electrons. The van der Waals surface area contributed by atoms with Crippen LogP contribution in [-0.2, 0) is 13.8 Å². The molecule has 0 bridgehead atoms. The Balaban J connectivity index is 3.40. The summed E-state index contributed by atoms with van der Waals surface area (Å²) in [5.41, 5.74) is 0. The van der Waals surface area contributed by atoms with Crippen LogP contribution in [0, 0.1) is 0 Å². The SMILES string of the molecule is CCCCCCCCCCCCCCCCOC[C@@H](O)COP(=O)([O-])CCC[N+](C)(C)C. The monoisotopic (exact) mass is 479 g/mol. The number of hydrogen-bond acceptors (Lipinski definition) is 5. The van der Waals surface area contributed by atoms with E-state index in [4.69, 9.17) is 9.26 Å². The Morgan fingerprint density at radius 1 is 0.781 bits per heavy atom. The average Bonchev–Trinajstić information content (AvgIpc) is 2.71. The van der Waals surface area contributed by atoms with Gasteiger partial charge in [-0.05, 0) is 6.42 Å². The minimum Gasteiger partial charge on any atom is -0.778 e. The minimum absolute atomic E-state index is 0.00907. The molecule has 0 saturated heterocycles. The molecule has 32 heavy (non-hydrogen) atoms. The lowest BCUT2D eigenvalue weighted by Crippen LogP contribution is -2.36. The number of nitrogens with zero attached hydrogens (tertiary/aromatic N) is 1. The lowest BCUT2D eigenvalue weighted by atomic mass is 10.0. The van der Waals surface area contributed by atoms with Gasteiger partial charge in [0.05, 0.1) is 40.9 Å². The van der Waals surface area contributed by atoms with Crippen LogP contribution < -0.4 is 4.89 Å². The standard InChI is InChI=1S/C25H54NO5P/c1-5-6-7-8-9-10-11-12-13-14-15-16-17-18-21-30-23-25(27)24-31-32(28,29)22-19-20-26(2,3)4/h25,27H,5-24H2,1-4H3/t25-/m1/s1. The van der Waals surface area contributed by atoms with Crippen LogP contribution in [0.25, 0.3) is 0 Å². The number of unbranched alkanes of at least 4 members (excludes halogenated alkanes) is 13. The van der Waals surface area contributed by atoms with E-state index in [2.05, 4.69) is 6.92 Å². The number of aliphatic hydroxyl groups is 1. The zero-order valence-electron chi connectivity index (χ0n) is 21.7. The van der Waals surface area contributed by atoms with Gasteiger partial charge < -0.3 is 28.3 Å². The predicted molar refractivity (Wildman–Crippen MR) is 133 cm³/mol. The molecule has 6 nitrogen and oxygen atoms in total. The molecule has 0 amide bonds. The molecular formula is C25H54NO5P. The Labute approximate surface area is 199 Å². The lowest BCUT2D eigenvalue weighted by Gasteiger charge is -2.28. The van der Waals surface area contributed by atoms with Crippen LogP contribution in [0.1, 0.15) is 103 Å². The van der Waals surface area contributed by atoms with Crippen LogP contribution in [0.5, 0.6) is 0 Å². The van der Waals surface area contributed by atoms with Gasteiger partial charge >= 0.3 is 0 Å². The van der Waals surface area contributed by atoms with Crippen molar-refractivity contribution in [2.45, 2.75) is 109 Å². The zero-order valence-corrected chi connectivity index (χ0v) is 22.6. The van der Waals surface area contributed by atoms with Gasteiger partial charge in [-0.15, -0.1) is 0 Å². The van der Waals surface area contributed by atoms with Crippen LogP contribution in [-0.4, -0.2) is 69.4 Å². The average molecular weight is 480 g/mol.